The van der Waals surface area contributed by atoms with Gasteiger partial charge in [-0.3, -0.25) is 0 Å². The smallest absolute Gasteiger partial charge is 0.329 e. The van der Waals surface area contributed by atoms with E-state index in [4.69, 9.17) is 0 Å². The Bertz CT molecular complexity index is 635. The first-order valence-corrected chi connectivity index (χ1v) is 6.55. The molecular weight excluding hydrogens is 283 g/mol. The Hall–Kier alpha value is -1.89. The summed E-state index contributed by atoms with van der Waals surface area (Å²) in [7, 11) is 0. The molecule has 4 nitrogen and oxygen atoms in total. The lowest BCUT2D eigenvalue weighted by Gasteiger charge is -2.11. The van der Waals surface area contributed by atoms with Crippen molar-refractivity contribution >= 4 is 0 Å². The van der Waals surface area contributed by atoms with Gasteiger partial charge in [-0.1, -0.05) is 24.2 Å². The van der Waals surface area contributed by atoms with E-state index >= 15 is 0 Å². The molecule has 0 aliphatic heterocycles. The molecule has 0 aliphatic rings. The van der Waals surface area contributed by atoms with Crippen LogP contribution in [0.3, 0.4) is 0 Å². The van der Waals surface area contributed by atoms with Gasteiger partial charge < -0.3 is 9.84 Å². The van der Waals surface area contributed by atoms with Crippen molar-refractivity contribution in [3.63, 3.8) is 0 Å². The van der Waals surface area contributed by atoms with Crippen LogP contribution in [-0.2, 0) is 12.7 Å². The Morgan fingerprint density at radius 1 is 1.19 bits per heavy atom. The van der Waals surface area contributed by atoms with E-state index in [0.29, 0.717) is 12.1 Å². The summed E-state index contributed by atoms with van der Waals surface area (Å²) in [4.78, 5) is 3.43. The highest BCUT2D eigenvalue weighted by Gasteiger charge is 2.38. The number of hydrogen-bond acceptors (Lipinski definition) is 4. The predicted molar refractivity (Wildman–Crippen MR) is 71.6 cm³/mol. The standard InChI is InChI=1S/C14H16F3N3O/c1-4-18-7-10-5-6-11(9(3)8(10)2)12-19-13(21-20-12)14(15,16)17/h5-6,18H,4,7H2,1-3H3. The number of nitrogens with one attached hydrogen (secondary N) is 1. The van der Waals surface area contributed by atoms with E-state index in [9.17, 15) is 13.2 Å². The summed E-state index contributed by atoms with van der Waals surface area (Å²) in [5.74, 6) is -1.37. The second-order valence-electron chi connectivity index (χ2n) is 4.72. The summed E-state index contributed by atoms with van der Waals surface area (Å²) in [5.41, 5.74) is 3.50. The molecule has 0 saturated carbocycles. The molecule has 0 aliphatic carbocycles. The van der Waals surface area contributed by atoms with Crippen LogP contribution in [-0.4, -0.2) is 16.7 Å². The Morgan fingerprint density at radius 2 is 1.90 bits per heavy atom. The van der Waals surface area contributed by atoms with E-state index in [1.807, 2.05) is 26.8 Å². The normalized spacial score (nSPS) is 11.9. The number of nitrogens with zero attached hydrogens (tertiary/aromatic N) is 2. The molecule has 0 amide bonds. The Morgan fingerprint density at radius 3 is 2.48 bits per heavy atom. The number of hydrogen-bond donors (Lipinski definition) is 1. The molecule has 0 unspecified atom stereocenters. The minimum absolute atomic E-state index is 0.0436. The van der Waals surface area contributed by atoms with Crippen molar-refractivity contribution in [1.82, 2.24) is 15.5 Å². The Labute approximate surface area is 120 Å². The molecule has 21 heavy (non-hydrogen) atoms. The van der Waals surface area contributed by atoms with Gasteiger partial charge in [-0.05, 0) is 37.1 Å². The first kappa shape index (κ1) is 15.5. The molecule has 0 bridgehead atoms. The molecule has 1 aromatic heterocycles. The van der Waals surface area contributed by atoms with Crippen LogP contribution in [0, 0.1) is 13.8 Å². The van der Waals surface area contributed by atoms with Crippen LogP contribution in [0.4, 0.5) is 13.2 Å². The van der Waals surface area contributed by atoms with Crippen LogP contribution in [0.5, 0.6) is 0 Å². The second-order valence-corrected chi connectivity index (χ2v) is 4.72. The van der Waals surface area contributed by atoms with Gasteiger partial charge in [0.1, 0.15) is 0 Å². The van der Waals surface area contributed by atoms with E-state index in [1.54, 1.807) is 6.07 Å². The lowest BCUT2D eigenvalue weighted by atomic mass is 9.97. The van der Waals surface area contributed by atoms with Gasteiger partial charge in [-0.15, -0.1) is 0 Å². The maximum atomic E-state index is 12.5. The van der Waals surface area contributed by atoms with Crippen LogP contribution >= 0.6 is 0 Å². The summed E-state index contributed by atoms with van der Waals surface area (Å²) >= 11 is 0. The zero-order chi connectivity index (χ0) is 15.6. The third-order valence-electron chi connectivity index (χ3n) is 3.37. The number of halogens is 3. The van der Waals surface area contributed by atoms with Crippen molar-refractivity contribution in [2.75, 3.05) is 6.54 Å². The van der Waals surface area contributed by atoms with Gasteiger partial charge >= 0.3 is 12.1 Å². The average Bonchev–Trinajstić information content (AvgIpc) is 2.90. The van der Waals surface area contributed by atoms with Crippen LogP contribution < -0.4 is 5.32 Å². The molecule has 2 rings (SSSR count). The van der Waals surface area contributed by atoms with E-state index in [-0.39, 0.29) is 5.82 Å². The molecular formula is C14H16F3N3O. The lowest BCUT2D eigenvalue weighted by Crippen LogP contribution is -2.13. The molecule has 0 atom stereocenters. The van der Waals surface area contributed by atoms with Gasteiger partial charge in [0, 0.05) is 12.1 Å². The average molecular weight is 299 g/mol. The summed E-state index contributed by atoms with van der Waals surface area (Å²) in [5, 5.41) is 6.64. The van der Waals surface area contributed by atoms with E-state index in [2.05, 4.69) is 20.0 Å². The van der Waals surface area contributed by atoms with Crippen LogP contribution in [0.25, 0.3) is 11.4 Å². The largest absolute Gasteiger partial charge is 0.471 e. The molecule has 2 aromatic rings. The van der Waals surface area contributed by atoms with E-state index < -0.39 is 12.1 Å². The molecule has 1 aromatic carbocycles. The van der Waals surface area contributed by atoms with Crippen molar-refractivity contribution in [3.05, 3.63) is 34.7 Å². The van der Waals surface area contributed by atoms with Crippen LogP contribution in [0.15, 0.2) is 16.7 Å². The van der Waals surface area contributed by atoms with Crippen molar-refractivity contribution in [2.24, 2.45) is 0 Å². The van der Waals surface area contributed by atoms with Gasteiger partial charge in [0.25, 0.3) is 0 Å². The molecule has 1 heterocycles. The predicted octanol–water partition coefficient (Wildman–Crippen LogP) is 3.48. The molecule has 0 fully saturated rings. The molecule has 7 heteroatoms. The van der Waals surface area contributed by atoms with Crippen LogP contribution in [0.1, 0.15) is 29.5 Å². The topological polar surface area (TPSA) is 51.0 Å². The molecule has 0 saturated heterocycles. The number of rotatable bonds is 4. The van der Waals surface area contributed by atoms with Gasteiger partial charge in [-0.25, -0.2) is 0 Å². The highest BCUT2D eigenvalue weighted by molar-refractivity contribution is 5.62. The maximum Gasteiger partial charge on any atom is 0.471 e. The molecule has 1 N–H and O–H groups in total. The van der Waals surface area contributed by atoms with Crippen molar-refractivity contribution in [3.8, 4) is 11.4 Å². The lowest BCUT2D eigenvalue weighted by molar-refractivity contribution is -0.159. The second kappa shape index (κ2) is 5.85. The fourth-order valence-corrected chi connectivity index (χ4v) is 2.02. The third kappa shape index (κ3) is 3.24. The minimum Gasteiger partial charge on any atom is -0.329 e. The van der Waals surface area contributed by atoms with Crippen molar-refractivity contribution < 1.29 is 17.7 Å². The highest BCUT2D eigenvalue weighted by Crippen LogP contribution is 2.31. The first-order chi connectivity index (χ1) is 9.84. The summed E-state index contributed by atoms with van der Waals surface area (Å²) in [6.07, 6.45) is -4.63. The zero-order valence-corrected chi connectivity index (χ0v) is 12.0. The zero-order valence-electron chi connectivity index (χ0n) is 12.0. The van der Waals surface area contributed by atoms with E-state index in [1.165, 1.54) is 0 Å². The summed E-state index contributed by atoms with van der Waals surface area (Å²) in [6, 6.07) is 3.59. The fraction of sp³-hybridized carbons (Fsp3) is 0.429. The molecule has 0 spiro atoms. The summed E-state index contributed by atoms with van der Waals surface area (Å²) in [6.45, 7) is 7.33. The SMILES string of the molecule is CCNCc1ccc(-c2noc(C(F)(F)F)n2)c(C)c1C. The monoisotopic (exact) mass is 299 g/mol. The number of aromatic nitrogens is 2. The van der Waals surface area contributed by atoms with E-state index in [0.717, 1.165) is 23.2 Å². The van der Waals surface area contributed by atoms with Gasteiger partial charge in [0.2, 0.25) is 5.82 Å². The van der Waals surface area contributed by atoms with Gasteiger partial charge in [-0.2, -0.15) is 18.2 Å². The van der Waals surface area contributed by atoms with Crippen molar-refractivity contribution in [1.29, 1.82) is 0 Å². The highest BCUT2D eigenvalue weighted by atomic mass is 19.4. The molecule has 114 valence electrons. The minimum atomic E-state index is -4.63. The van der Waals surface area contributed by atoms with Crippen molar-refractivity contribution in [2.45, 2.75) is 33.5 Å². The van der Waals surface area contributed by atoms with Gasteiger partial charge in [0.05, 0.1) is 0 Å². The summed E-state index contributed by atoms with van der Waals surface area (Å²) < 4.78 is 41.8. The van der Waals surface area contributed by atoms with Gasteiger partial charge in [0.15, 0.2) is 0 Å². The van der Waals surface area contributed by atoms with Crippen LogP contribution in [0.2, 0.25) is 0 Å². The molecule has 0 radical (unpaired) electrons. The maximum absolute atomic E-state index is 12.5. The quantitative estimate of drug-likeness (QED) is 0.939. The third-order valence-corrected chi connectivity index (χ3v) is 3.37. The Balaban J connectivity index is 2.37. The fourth-order valence-electron chi connectivity index (χ4n) is 2.02. The first-order valence-electron chi connectivity index (χ1n) is 6.55. The Kier molecular flexibility index (Phi) is 4.32. The number of alkyl halides is 3. The number of benzene rings is 1.